The molecule has 0 saturated carbocycles. The molecular formula is C17H24N2OS2. The van der Waals surface area contributed by atoms with E-state index in [1.807, 2.05) is 25.1 Å². The number of nitrogens with one attached hydrogen (secondary N) is 1. The minimum atomic E-state index is -0.143. The zero-order valence-electron chi connectivity index (χ0n) is 13.2. The van der Waals surface area contributed by atoms with Gasteiger partial charge >= 0.3 is 0 Å². The number of benzene rings is 1. The lowest BCUT2D eigenvalue weighted by atomic mass is 10.0. The van der Waals surface area contributed by atoms with Gasteiger partial charge in [-0.05, 0) is 31.2 Å². The number of thiocarbonyl (C=S) groups is 1. The van der Waals surface area contributed by atoms with Gasteiger partial charge in [-0.1, -0.05) is 61.2 Å². The molecule has 2 atom stereocenters. The summed E-state index contributed by atoms with van der Waals surface area (Å²) in [6.45, 7) is 6.78. The molecule has 1 N–H and O–H groups in total. The molecule has 1 heterocycles. The fraction of sp³-hybridized carbons (Fsp3) is 0.529. The Kier molecular flexibility index (Phi) is 6.70. The highest BCUT2D eigenvalue weighted by Crippen LogP contribution is 2.20. The van der Waals surface area contributed by atoms with E-state index in [-0.39, 0.29) is 11.2 Å². The van der Waals surface area contributed by atoms with Crippen molar-refractivity contribution in [3.05, 3.63) is 35.9 Å². The van der Waals surface area contributed by atoms with Crippen molar-refractivity contribution in [1.82, 2.24) is 10.2 Å². The van der Waals surface area contributed by atoms with Gasteiger partial charge < -0.3 is 10.2 Å². The summed E-state index contributed by atoms with van der Waals surface area (Å²) < 4.78 is 0.858. The molecule has 0 bridgehead atoms. The summed E-state index contributed by atoms with van der Waals surface area (Å²) in [6, 6.07) is 10.3. The highest BCUT2D eigenvalue weighted by atomic mass is 32.2. The van der Waals surface area contributed by atoms with E-state index in [0.29, 0.717) is 12.5 Å². The first-order valence-corrected chi connectivity index (χ1v) is 9.15. The average molecular weight is 337 g/mol. The second-order valence-corrected chi connectivity index (χ2v) is 7.75. The van der Waals surface area contributed by atoms with Crippen molar-refractivity contribution in [3.63, 3.8) is 0 Å². The van der Waals surface area contributed by atoms with Gasteiger partial charge in [0.25, 0.3) is 0 Å². The maximum Gasteiger partial charge on any atom is 0.233 e. The molecule has 2 unspecified atom stereocenters. The van der Waals surface area contributed by atoms with Gasteiger partial charge in [0.1, 0.15) is 4.32 Å². The number of likely N-dealkylation sites (tertiary alicyclic amines) is 1. The molecule has 1 fully saturated rings. The summed E-state index contributed by atoms with van der Waals surface area (Å²) in [5, 5.41) is 2.90. The smallest absolute Gasteiger partial charge is 0.233 e. The molecule has 1 aliphatic heterocycles. The average Bonchev–Trinajstić information content (AvgIpc) is 3.07. The van der Waals surface area contributed by atoms with Crippen LogP contribution in [0.1, 0.15) is 38.2 Å². The number of hydrogen-bond donors (Lipinski definition) is 1. The quantitative estimate of drug-likeness (QED) is 0.835. The number of thioether (sulfide) groups is 1. The Balaban J connectivity index is 1.75. The van der Waals surface area contributed by atoms with Crippen molar-refractivity contribution in [3.8, 4) is 0 Å². The lowest BCUT2D eigenvalue weighted by Gasteiger charge is -2.21. The van der Waals surface area contributed by atoms with Gasteiger partial charge in [0.05, 0.1) is 5.25 Å². The van der Waals surface area contributed by atoms with E-state index in [0.717, 1.165) is 17.4 Å². The Hall–Kier alpha value is -1.07. The zero-order valence-corrected chi connectivity index (χ0v) is 14.9. The minimum Gasteiger partial charge on any atom is -0.358 e. The van der Waals surface area contributed by atoms with Crippen LogP contribution in [-0.2, 0) is 4.79 Å². The third-order valence-corrected chi connectivity index (χ3v) is 5.54. The molecule has 2 rings (SSSR count). The second-order valence-electron chi connectivity index (χ2n) is 5.78. The van der Waals surface area contributed by atoms with Crippen LogP contribution in [0.25, 0.3) is 0 Å². The van der Waals surface area contributed by atoms with Crippen LogP contribution in [0.4, 0.5) is 0 Å². The van der Waals surface area contributed by atoms with E-state index < -0.39 is 0 Å². The molecule has 0 radical (unpaired) electrons. The summed E-state index contributed by atoms with van der Waals surface area (Å²) in [5.41, 5.74) is 1.25. The van der Waals surface area contributed by atoms with E-state index in [9.17, 15) is 4.79 Å². The number of carbonyl (C=O) groups is 1. The summed E-state index contributed by atoms with van der Waals surface area (Å²) >= 11 is 6.93. The van der Waals surface area contributed by atoms with Gasteiger partial charge in [-0.15, -0.1) is 0 Å². The summed E-state index contributed by atoms with van der Waals surface area (Å²) in [6.07, 6.45) is 2.41. The molecule has 1 aromatic rings. The highest BCUT2D eigenvalue weighted by Gasteiger charge is 2.21. The Bertz CT molecular complexity index is 501. The third-order valence-electron chi connectivity index (χ3n) is 3.96. The molecule has 5 heteroatoms. The lowest BCUT2D eigenvalue weighted by molar-refractivity contribution is -0.120. The first-order chi connectivity index (χ1) is 10.6. The minimum absolute atomic E-state index is 0.0642. The summed E-state index contributed by atoms with van der Waals surface area (Å²) in [7, 11) is 0. The van der Waals surface area contributed by atoms with Crippen molar-refractivity contribution in [1.29, 1.82) is 0 Å². The van der Waals surface area contributed by atoms with E-state index >= 15 is 0 Å². The van der Waals surface area contributed by atoms with Gasteiger partial charge in [0.2, 0.25) is 5.91 Å². The molecule has 120 valence electrons. The molecule has 0 aliphatic carbocycles. The van der Waals surface area contributed by atoms with Crippen LogP contribution in [-0.4, -0.2) is 40.0 Å². The highest BCUT2D eigenvalue weighted by molar-refractivity contribution is 8.23. The fourth-order valence-corrected chi connectivity index (χ4v) is 3.92. The zero-order chi connectivity index (χ0) is 15.9. The van der Waals surface area contributed by atoms with E-state index in [4.69, 9.17) is 12.2 Å². The van der Waals surface area contributed by atoms with Crippen LogP contribution >= 0.6 is 24.0 Å². The predicted molar refractivity (Wildman–Crippen MR) is 98.3 cm³/mol. The molecule has 1 saturated heterocycles. The van der Waals surface area contributed by atoms with Crippen LogP contribution in [0, 0.1) is 0 Å². The van der Waals surface area contributed by atoms with Gasteiger partial charge in [-0.2, -0.15) is 0 Å². The van der Waals surface area contributed by atoms with Gasteiger partial charge in [0.15, 0.2) is 0 Å². The topological polar surface area (TPSA) is 32.3 Å². The SMILES string of the molecule is CC(SC(=S)N1CCCC1)C(=O)NCC(C)c1ccccc1. The van der Waals surface area contributed by atoms with Crippen molar-refractivity contribution in [2.45, 2.75) is 37.9 Å². The van der Waals surface area contributed by atoms with Crippen LogP contribution in [0.3, 0.4) is 0 Å². The van der Waals surface area contributed by atoms with Crippen LogP contribution < -0.4 is 5.32 Å². The molecule has 1 amide bonds. The first kappa shape index (κ1) is 17.3. The molecule has 1 aromatic carbocycles. The molecular weight excluding hydrogens is 312 g/mol. The van der Waals surface area contributed by atoms with Crippen LogP contribution in [0.15, 0.2) is 30.3 Å². The summed E-state index contributed by atoms with van der Waals surface area (Å²) in [5.74, 6) is 0.377. The maximum absolute atomic E-state index is 12.2. The van der Waals surface area contributed by atoms with E-state index in [2.05, 4.69) is 29.3 Å². The van der Waals surface area contributed by atoms with Crippen molar-refractivity contribution in [2.24, 2.45) is 0 Å². The number of amides is 1. The van der Waals surface area contributed by atoms with E-state index in [1.54, 1.807) is 0 Å². The number of hydrogen-bond acceptors (Lipinski definition) is 3. The Morgan fingerprint density at radius 1 is 1.27 bits per heavy atom. The Labute approximate surface area is 142 Å². The van der Waals surface area contributed by atoms with Crippen molar-refractivity contribution < 1.29 is 4.79 Å². The third kappa shape index (κ3) is 4.99. The predicted octanol–water partition coefficient (Wildman–Crippen LogP) is 3.41. The van der Waals surface area contributed by atoms with Gasteiger partial charge in [0, 0.05) is 19.6 Å². The molecule has 3 nitrogen and oxygen atoms in total. The Morgan fingerprint density at radius 3 is 2.55 bits per heavy atom. The molecule has 1 aliphatic rings. The summed E-state index contributed by atoms with van der Waals surface area (Å²) in [4.78, 5) is 14.4. The fourth-order valence-electron chi connectivity index (χ4n) is 2.48. The van der Waals surface area contributed by atoms with Crippen molar-refractivity contribution in [2.75, 3.05) is 19.6 Å². The second kappa shape index (κ2) is 8.53. The largest absolute Gasteiger partial charge is 0.358 e. The molecule has 0 aromatic heterocycles. The van der Waals surface area contributed by atoms with E-state index in [1.165, 1.54) is 30.2 Å². The maximum atomic E-state index is 12.2. The number of nitrogens with zero attached hydrogens (tertiary/aromatic N) is 1. The molecule has 0 spiro atoms. The van der Waals surface area contributed by atoms with Crippen LogP contribution in [0.2, 0.25) is 0 Å². The lowest BCUT2D eigenvalue weighted by Crippen LogP contribution is -2.35. The normalized spacial score (nSPS) is 17.1. The number of rotatable bonds is 5. The standard InChI is InChI=1S/C17H24N2OS2/c1-13(15-8-4-3-5-9-15)12-18-16(20)14(2)22-17(21)19-10-6-7-11-19/h3-5,8-9,13-14H,6-7,10-12H2,1-2H3,(H,18,20). The van der Waals surface area contributed by atoms with Crippen LogP contribution in [0.5, 0.6) is 0 Å². The van der Waals surface area contributed by atoms with Crippen molar-refractivity contribution >= 4 is 34.2 Å². The Morgan fingerprint density at radius 2 is 1.91 bits per heavy atom. The van der Waals surface area contributed by atoms with Gasteiger partial charge in [-0.25, -0.2) is 0 Å². The number of carbonyl (C=O) groups excluding carboxylic acids is 1. The monoisotopic (exact) mass is 336 g/mol. The van der Waals surface area contributed by atoms with Gasteiger partial charge in [-0.3, -0.25) is 4.79 Å². The molecule has 22 heavy (non-hydrogen) atoms. The first-order valence-electron chi connectivity index (χ1n) is 7.86.